The van der Waals surface area contributed by atoms with E-state index < -0.39 is 0 Å². The molecule has 1 aromatic carbocycles. The van der Waals surface area contributed by atoms with Crippen LogP contribution in [0.25, 0.3) is 11.0 Å². The molecule has 1 aromatic heterocycles. The molecule has 0 radical (unpaired) electrons. The predicted octanol–water partition coefficient (Wildman–Crippen LogP) is 3.14. The standard InChI is InChI=1S/C19H27N3O3/c1-3-25-19-21-16-10-9-15(24-2)13-17(16)22(19)12-11-20-18(23)14-7-5-4-6-8-14/h9-10,13-14H,3-8,11-12H2,1-2H3,(H,20,23). The second-order valence-electron chi connectivity index (χ2n) is 6.46. The first kappa shape index (κ1) is 17.6. The number of amides is 1. The van der Waals surface area contributed by atoms with Gasteiger partial charge in [0.25, 0.3) is 6.01 Å². The lowest BCUT2D eigenvalue weighted by Gasteiger charge is -2.21. The summed E-state index contributed by atoms with van der Waals surface area (Å²) in [4.78, 5) is 16.9. The number of fused-ring (bicyclic) bond motifs is 1. The van der Waals surface area contributed by atoms with Crippen LogP contribution in [0, 0.1) is 5.92 Å². The Kier molecular flexibility index (Phi) is 5.79. The summed E-state index contributed by atoms with van der Waals surface area (Å²) in [6, 6.07) is 6.35. The van der Waals surface area contributed by atoms with E-state index in [1.54, 1.807) is 7.11 Å². The molecule has 136 valence electrons. The van der Waals surface area contributed by atoms with Gasteiger partial charge in [-0.05, 0) is 31.9 Å². The minimum atomic E-state index is 0.180. The second kappa shape index (κ2) is 8.23. The molecular formula is C19H27N3O3. The number of carbonyl (C=O) groups is 1. The Labute approximate surface area is 148 Å². The van der Waals surface area contributed by atoms with Crippen LogP contribution in [0.5, 0.6) is 11.8 Å². The molecule has 0 aliphatic heterocycles. The lowest BCUT2D eigenvalue weighted by atomic mass is 9.89. The number of hydrogen-bond acceptors (Lipinski definition) is 4. The Morgan fingerprint density at radius 3 is 2.84 bits per heavy atom. The first-order valence-electron chi connectivity index (χ1n) is 9.17. The molecule has 6 nitrogen and oxygen atoms in total. The van der Waals surface area contributed by atoms with Crippen LogP contribution in [0.1, 0.15) is 39.0 Å². The van der Waals surface area contributed by atoms with E-state index in [1.807, 2.05) is 29.7 Å². The lowest BCUT2D eigenvalue weighted by molar-refractivity contribution is -0.125. The maximum absolute atomic E-state index is 12.3. The molecule has 1 amide bonds. The number of nitrogens with zero attached hydrogens (tertiary/aromatic N) is 2. The van der Waals surface area contributed by atoms with Crippen molar-refractivity contribution in [2.24, 2.45) is 5.92 Å². The van der Waals surface area contributed by atoms with Crippen LogP contribution in [0.2, 0.25) is 0 Å². The normalized spacial score (nSPS) is 15.3. The molecule has 0 spiro atoms. The van der Waals surface area contributed by atoms with Gasteiger partial charge in [-0.25, -0.2) is 0 Å². The lowest BCUT2D eigenvalue weighted by Crippen LogP contribution is -2.34. The van der Waals surface area contributed by atoms with Crippen molar-refractivity contribution < 1.29 is 14.3 Å². The number of benzene rings is 1. The van der Waals surface area contributed by atoms with Gasteiger partial charge in [0.15, 0.2) is 0 Å². The molecule has 0 unspecified atom stereocenters. The zero-order valence-electron chi connectivity index (χ0n) is 15.1. The first-order chi connectivity index (χ1) is 12.2. The van der Waals surface area contributed by atoms with Gasteiger partial charge >= 0.3 is 0 Å². The third kappa shape index (κ3) is 4.06. The van der Waals surface area contributed by atoms with Crippen molar-refractivity contribution in [3.63, 3.8) is 0 Å². The second-order valence-corrected chi connectivity index (χ2v) is 6.46. The fraction of sp³-hybridized carbons (Fsp3) is 0.579. The van der Waals surface area contributed by atoms with Crippen molar-refractivity contribution >= 4 is 16.9 Å². The molecular weight excluding hydrogens is 318 g/mol. The highest BCUT2D eigenvalue weighted by Crippen LogP contribution is 2.26. The maximum atomic E-state index is 12.3. The molecule has 1 saturated carbocycles. The molecule has 1 aliphatic carbocycles. The van der Waals surface area contributed by atoms with E-state index in [-0.39, 0.29) is 11.8 Å². The highest BCUT2D eigenvalue weighted by atomic mass is 16.5. The number of nitrogens with one attached hydrogen (secondary N) is 1. The fourth-order valence-electron chi connectivity index (χ4n) is 3.46. The summed E-state index contributed by atoms with van der Waals surface area (Å²) in [5, 5.41) is 3.08. The summed E-state index contributed by atoms with van der Waals surface area (Å²) in [5.41, 5.74) is 1.82. The number of aromatic nitrogens is 2. The maximum Gasteiger partial charge on any atom is 0.297 e. The Morgan fingerprint density at radius 2 is 2.12 bits per heavy atom. The van der Waals surface area contributed by atoms with Gasteiger partial charge in [0, 0.05) is 25.1 Å². The number of methoxy groups -OCH3 is 1. The van der Waals surface area contributed by atoms with Gasteiger partial charge in [-0.1, -0.05) is 19.3 Å². The summed E-state index contributed by atoms with van der Waals surface area (Å²) in [7, 11) is 1.65. The van der Waals surface area contributed by atoms with Gasteiger partial charge in [0.05, 0.1) is 24.8 Å². The van der Waals surface area contributed by atoms with Crippen LogP contribution in [0.4, 0.5) is 0 Å². The van der Waals surface area contributed by atoms with Crippen molar-refractivity contribution in [2.45, 2.75) is 45.6 Å². The van der Waals surface area contributed by atoms with Crippen molar-refractivity contribution in [1.29, 1.82) is 0 Å². The van der Waals surface area contributed by atoms with Gasteiger partial charge in [-0.2, -0.15) is 4.98 Å². The monoisotopic (exact) mass is 345 g/mol. The number of carbonyl (C=O) groups excluding carboxylic acids is 1. The zero-order valence-corrected chi connectivity index (χ0v) is 15.1. The van der Waals surface area contributed by atoms with Crippen molar-refractivity contribution in [3.8, 4) is 11.8 Å². The highest BCUT2D eigenvalue weighted by Gasteiger charge is 2.21. The smallest absolute Gasteiger partial charge is 0.297 e. The Bertz CT molecular complexity index is 720. The van der Waals surface area contributed by atoms with Crippen LogP contribution in [-0.2, 0) is 11.3 Å². The van der Waals surface area contributed by atoms with E-state index in [0.717, 1.165) is 29.6 Å². The van der Waals surface area contributed by atoms with Crippen LogP contribution >= 0.6 is 0 Å². The SMILES string of the molecule is CCOc1nc2ccc(OC)cc2n1CCNC(=O)C1CCCCC1. The molecule has 25 heavy (non-hydrogen) atoms. The molecule has 1 heterocycles. The predicted molar refractivity (Wildman–Crippen MR) is 97.0 cm³/mol. The summed E-state index contributed by atoms with van der Waals surface area (Å²) < 4.78 is 13.0. The van der Waals surface area contributed by atoms with E-state index in [9.17, 15) is 4.79 Å². The van der Waals surface area contributed by atoms with Crippen LogP contribution in [0.3, 0.4) is 0 Å². The molecule has 1 aliphatic rings. The van der Waals surface area contributed by atoms with Gasteiger partial charge < -0.3 is 14.8 Å². The number of hydrogen-bond donors (Lipinski definition) is 1. The van der Waals surface area contributed by atoms with E-state index in [0.29, 0.717) is 25.7 Å². The van der Waals surface area contributed by atoms with Gasteiger partial charge in [-0.3, -0.25) is 9.36 Å². The van der Waals surface area contributed by atoms with Gasteiger partial charge in [-0.15, -0.1) is 0 Å². The number of rotatable bonds is 7. The van der Waals surface area contributed by atoms with E-state index in [4.69, 9.17) is 9.47 Å². The first-order valence-corrected chi connectivity index (χ1v) is 9.17. The van der Waals surface area contributed by atoms with E-state index >= 15 is 0 Å². The van der Waals surface area contributed by atoms with Crippen LogP contribution in [0.15, 0.2) is 18.2 Å². The molecule has 0 atom stereocenters. The Morgan fingerprint density at radius 1 is 1.32 bits per heavy atom. The molecule has 1 N–H and O–H groups in total. The summed E-state index contributed by atoms with van der Waals surface area (Å²) >= 11 is 0. The zero-order chi connectivity index (χ0) is 17.6. The number of imidazole rings is 1. The Hall–Kier alpha value is -2.24. The van der Waals surface area contributed by atoms with E-state index in [1.165, 1.54) is 19.3 Å². The molecule has 3 rings (SSSR count). The quantitative estimate of drug-likeness (QED) is 0.837. The van der Waals surface area contributed by atoms with Crippen molar-refractivity contribution in [2.75, 3.05) is 20.3 Å². The third-order valence-electron chi connectivity index (χ3n) is 4.80. The molecule has 6 heteroatoms. The topological polar surface area (TPSA) is 65.4 Å². The van der Waals surface area contributed by atoms with Crippen molar-refractivity contribution in [1.82, 2.24) is 14.9 Å². The molecule has 1 fully saturated rings. The highest BCUT2D eigenvalue weighted by molar-refractivity contribution is 5.79. The molecule has 0 saturated heterocycles. The summed E-state index contributed by atoms with van der Waals surface area (Å²) in [6.07, 6.45) is 5.61. The fourth-order valence-corrected chi connectivity index (χ4v) is 3.46. The molecule has 2 aromatic rings. The van der Waals surface area contributed by atoms with Crippen LogP contribution in [-0.4, -0.2) is 35.7 Å². The van der Waals surface area contributed by atoms with Crippen LogP contribution < -0.4 is 14.8 Å². The van der Waals surface area contributed by atoms with Gasteiger partial charge in [0.1, 0.15) is 5.75 Å². The summed E-state index contributed by atoms with van der Waals surface area (Å²) in [6.45, 7) is 3.68. The minimum Gasteiger partial charge on any atom is -0.497 e. The van der Waals surface area contributed by atoms with E-state index in [2.05, 4.69) is 10.3 Å². The van der Waals surface area contributed by atoms with Gasteiger partial charge in [0.2, 0.25) is 5.91 Å². The number of ether oxygens (including phenoxy) is 2. The minimum absolute atomic E-state index is 0.180. The average molecular weight is 345 g/mol. The third-order valence-corrected chi connectivity index (χ3v) is 4.80. The largest absolute Gasteiger partial charge is 0.497 e. The Balaban J connectivity index is 1.70. The summed E-state index contributed by atoms with van der Waals surface area (Å²) in [5.74, 6) is 1.14. The average Bonchev–Trinajstić information content (AvgIpc) is 2.99. The van der Waals surface area contributed by atoms with Crippen molar-refractivity contribution in [3.05, 3.63) is 18.2 Å². The molecule has 0 bridgehead atoms.